The van der Waals surface area contributed by atoms with E-state index in [4.69, 9.17) is 0 Å². The standard InChI is InChI=1S/C15H26N2O3S/c1-11(2)15(10-18)16-12(3)13-6-8-14(9-7-13)21(19,20)17(4)5/h6-9,11-12,15-16,18H,10H2,1-5H3. The average molecular weight is 314 g/mol. The molecule has 2 atom stereocenters. The molecule has 1 aromatic rings. The maximum atomic E-state index is 12.0. The fraction of sp³-hybridized carbons (Fsp3) is 0.600. The zero-order chi connectivity index (χ0) is 16.2. The summed E-state index contributed by atoms with van der Waals surface area (Å²) in [5.41, 5.74) is 0.992. The summed E-state index contributed by atoms with van der Waals surface area (Å²) in [5.74, 6) is 0.325. The highest BCUT2D eigenvalue weighted by atomic mass is 32.2. The topological polar surface area (TPSA) is 69.6 Å². The Morgan fingerprint density at radius 3 is 2.05 bits per heavy atom. The van der Waals surface area contributed by atoms with Gasteiger partial charge in [0.1, 0.15) is 0 Å². The van der Waals surface area contributed by atoms with Crippen molar-refractivity contribution < 1.29 is 13.5 Å². The molecule has 0 fully saturated rings. The average Bonchev–Trinajstić information content (AvgIpc) is 2.44. The molecule has 0 aromatic heterocycles. The molecule has 0 amide bonds. The van der Waals surface area contributed by atoms with Crippen LogP contribution in [0.15, 0.2) is 29.2 Å². The van der Waals surface area contributed by atoms with Crippen LogP contribution in [0.5, 0.6) is 0 Å². The third-order valence-corrected chi connectivity index (χ3v) is 5.45. The predicted molar refractivity (Wildman–Crippen MR) is 84.6 cm³/mol. The van der Waals surface area contributed by atoms with Gasteiger partial charge in [-0.1, -0.05) is 26.0 Å². The van der Waals surface area contributed by atoms with Gasteiger partial charge in [-0.2, -0.15) is 0 Å². The second kappa shape index (κ2) is 7.35. The number of benzene rings is 1. The molecule has 0 aliphatic rings. The molecule has 2 N–H and O–H groups in total. The van der Waals surface area contributed by atoms with E-state index in [0.29, 0.717) is 5.92 Å². The molecule has 0 heterocycles. The molecule has 21 heavy (non-hydrogen) atoms. The molecular weight excluding hydrogens is 288 g/mol. The molecule has 0 saturated carbocycles. The lowest BCUT2D eigenvalue weighted by molar-refractivity contribution is 0.201. The highest BCUT2D eigenvalue weighted by Crippen LogP contribution is 2.19. The molecule has 1 aromatic carbocycles. The summed E-state index contributed by atoms with van der Waals surface area (Å²) >= 11 is 0. The summed E-state index contributed by atoms with van der Waals surface area (Å²) in [6.07, 6.45) is 0. The minimum absolute atomic E-state index is 0.0187. The molecule has 2 unspecified atom stereocenters. The first-order valence-corrected chi connectivity index (χ1v) is 8.53. The van der Waals surface area contributed by atoms with Crippen LogP contribution >= 0.6 is 0 Å². The lowest BCUT2D eigenvalue weighted by Gasteiger charge is -2.25. The van der Waals surface area contributed by atoms with E-state index in [-0.39, 0.29) is 23.6 Å². The van der Waals surface area contributed by atoms with Crippen LogP contribution < -0.4 is 5.32 Å². The molecule has 0 aliphatic carbocycles. The Morgan fingerprint density at radius 1 is 1.14 bits per heavy atom. The lowest BCUT2D eigenvalue weighted by Crippen LogP contribution is -2.38. The molecule has 5 nitrogen and oxygen atoms in total. The van der Waals surface area contributed by atoms with Crippen molar-refractivity contribution in [3.63, 3.8) is 0 Å². The second-order valence-corrected chi connectivity index (χ2v) is 7.93. The van der Waals surface area contributed by atoms with Crippen molar-refractivity contribution in [1.82, 2.24) is 9.62 Å². The van der Waals surface area contributed by atoms with E-state index in [2.05, 4.69) is 5.32 Å². The van der Waals surface area contributed by atoms with E-state index in [1.54, 1.807) is 12.1 Å². The van der Waals surface area contributed by atoms with E-state index in [1.807, 2.05) is 32.9 Å². The van der Waals surface area contributed by atoms with E-state index in [9.17, 15) is 13.5 Å². The van der Waals surface area contributed by atoms with Gasteiger partial charge in [0.15, 0.2) is 0 Å². The maximum Gasteiger partial charge on any atom is 0.242 e. The van der Waals surface area contributed by atoms with Crippen LogP contribution in [0.4, 0.5) is 0 Å². The number of nitrogens with zero attached hydrogens (tertiary/aromatic N) is 1. The van der Waals surface area contributed by atoms with Gasteiger partial charge in [0.2, 0.25) is 10.0 Å². The molecule has 0 spiro atoms. The number of rotatable bonds is 7. The van der Waals surface area contributed by atoms with Gasteiger partial charge in [-0.05, 0) is 30.5 Å². The Morgan fingerprint density at radius 2 is 1.67 bits per heavy atom. The maximum absolute atomic E-state index is 12.0. The Balaban J connectivity index is 2.88. The Bertz CT molecular complexity index is 539. The van der Waals surface area contributed by atoms with Crippen molar-refractivity contribution in [3.05, 3.63) is 29.8 Å². The number of hydrogen-bond acceptors (Lipinski definition) is 4. The van der Waals surface area contributed by atoms with Gasteiger partial charge in [-0.3, -0.25) is 0 Å². The Hall–Kier alpha value is -0.950. The number of hydrogen-bond donors (Lipinski definition) is 2. The first-order valence-electron chi connectivity index (χ1n) is 7.09. The van der Waals surface area contributed by atoms with Crippen LogP contribution in [-0.2, 0) is 10.0 Å². The van der Waals surface area contributed by atoms with Gasteiger partial charge in [-0.25, -0.2) is 12.7 Å². The van der Waals surface area contributed by atoms with Crippen molar-refractivity contribution in [2.24, 2.45) is 5.92 Å². The molecule has 6 heteroatoms. The first kappa shape index (κ1) is 18.1. The summed E-state index contributed by atoms with van der Waals surface area (Å²) in [6, 6.07) is 6.91. The van der Waals surface area contributed by atoms with Crippen LogP contribution in [0.25, 0.3) is 0 Å². The van der Waals surface area contributed by atoms with E-state index >= 15 is 0 Å². The van der Waals surface area contributed by atoms with Gasteiger partial charge >= 0.3 is 0 Å². The number of aliphatic hydroxyl groups is 1. The quantitative estimate of drug-likeness (QED) is 0.802. The molecule has 0 aliphatic heterocycles. The molecule has 0 radical (unpaired) electrons. The molecule has 0 saturated heterocycles. The SMILES string of the molecule is CC(NC(CO)C(C)C)c1ccc(S(=O)(=O)N(C)C)cc1. The molecular formula is C15H26N2O3S. The third kappa shape index (κ3) is 4.51. The highest BCUT2D eigenvalue weighted by Gasteiger charge is 2.19. The van der Waals surface area contributed by atoms with Crippen molar-refractivity contribution in [1.29, 1.82) is 0 Å². The Kier molecular flexibility index (Phi) is 6.34. The number of aliphatic hydroxyl groups excluding tert-OH is 1. The summed E-state index contributed by atoms with van der Waals surface area (Å²) in [7, 11) is -0.356. The van der Waals surface area contributed by atoms with Crippen molar-refractivity contribution >= 4 is 10.0 Å². The smallest absolute Gasteiger partial charge is 0.242 e. The van der Waals surface area contributed by atoms with Gasteiger partial charge in [-0.15, -0.1) is 0 Å². The summed E-state index contributed by atoms with van der Waals surface area (Å²) in [5, 5.41) is 12.7. The fourth-order valence-electron chi connectivity index (χ4n) is 2.01. The van der Waals surface area contributed by atoms with Gasteiger partial charge in [0.25, 0.3) is 0 Å². The second-order valence-electron chi connectivity index (χ2n) is 5.78. The summed E-state index contributed by atoms with van der Waals surface area (Å²) in [4.78, 5) is 0.283. The van der Waals surface area contributed by atoms with E-state index in [0.717, 1.165) is 5.56 Å². The van der Waals surface area contributed by atoms with Crippen LogP contribution in [-0.4, -0.2) is 44.6 Å². The molecule has 0 bridgehead atoms. The van der Waals surface area contributed by atoms with Gasteiger partial charge in [0.05, 0.1) is 11.5 Å². The molecule has 1 rings (SSSR count). The Labute approximate surface area is 128 Å². The predicted octanol–water partition coefficient (Wildman–Crippen LogP) is 1.60. The first-order chi connectivity index (χ1) is 9.70. The number of sulfonamides is 1. The zero-order valence-corrected chi connectivity index (χ0v) is 14.2. The van der Waals surface area contributed by atoms with E-state index < -0.39 is 10.0 Å². The summed E-state index contributed by atoms with van der Waals surface area (Å²) < 4.78 is 25.2. The van der Waals surface area contributed by atoms with Crippen molar-refractivity contribution in [2.75, 3.05) is 20.7 Å². The van der Waals surface area contributed by atoms with Crippen molar-refractivity contribution in [2.45, 2.75) is 37.8 Å². The minimum Gasteiger partial charge on any atom is -0.395 e. The fourth-order valence-corrected chi connectivity index (χ4v) is 2.91. The lowest BCUT2D eigenvalue weighted by atomic mass is 10.0. The van der Waals surface area contributed by atoms with Crippen LogP contribution in [0.3, 0.4) is 0 Å². The largest absolute Gasteiger partial charge is 0.395 e. The zero-order valence-electron chi connectivity index (χ0n) is 13.4. The normalized spacial score (nSPS) is 15.4. The van der Waals surface area contributed by atoms with Crippen LogP contribution in [0.2, 0.25) is 0 Å². The number of nitrogens with one attached hydrogen (secondary N) is 1. The van der Waals surface area contributed by atoms with Gasteiger partial charge in [0, 0.05) is 26.2 Å². The monoisotopic (exact) mass is 314 g/mol. The summed E-state index contributed by atoms with van der Waals surface area (Å²) in [6.45, 7) is 6.18. The van der Waals surface area contributed by atoms with Crippen LogP contribution in [0, 0.1) is 5.92 Å². The molecule has 120 valence electrons. The highest BCUT2D eigenvalue weighted by molar-refractivity contribution is 7.89. The van der Waals surface area contributed by atoms with Crippen molar-refractivity contribution in [3.8, 4) is 0 Å². The van der Waals surface area contributed by atoms with E-state index in [1.165, 1.54) is 18.4 Å². The van der Waals surface area contributed by atoms with Gasteiger partial charge < -0.3 is 10.4 Å². The minimum atomic E-state index is -3.39. The van der Waals surface area contributed by atoms with Crippen LogP contribution in [0.1, 0.15) is 32.4 Å². The third-order valence-electron chi connectivity index (χ3n) is 3.62.